The maximum absolute atomic E-state index is 14.3. The normalized spacial score (nSPS) is 11.3. The van der Waals surface area contributed by atoms with Gasteiger partial charge in [-0.1, -0.05) is 12.0 Å². The molecule has 4 aromatic rings. The van der Waals surface area contributed by atoms with Gasteiger partial charge in [-0.3, -0.25) is 0 Å². The minimum atomic E-state index is -3.89. The van der Waals surface area contributed by atoms with Crippen LogP contribution in [-0.4, -0.2) is 23.0 Å². The van der Waals surface area contributed by atoms with Gasteiger partial charge in [0.25, 0.3) is 0 Å². The summed E-state index contributed by atoms with van der Waals surface area (Å²) in [4.78, 5) is 8.07. The third kappa shape index (κ3) is 4.39. The van der Waals surface area contributed by atoms with E-state index in [0.29, 0.717) is 23.5 Å². The number of hydrogen-bond acceptors (Lipinski definition) is 6. The topological polar surface area (TPSA) is 115 Å². The van der Waals surface area contributed by atoms with E-state index in [0.717, 1.165) is 17.1 Å². The van der Waals surface area contributed by atoms with Crippen LogP contribution in [0.15, 0.2) is 59.8 Å². The lowest BCUT2D eigenvalue weighted by Gasteiger charge is -2.11. The van der Waals surface area contributed by atoms with Crippen molar-refractivity contribution >= 4 is 44.1 Å². The number of nitrogens with two attached hydrogens (primary N) is 1. The molecule has 0 radical (unpaired) electrons. The molecule has 0 aliphatic heterocycles. The minimum absolute atomic E-state index is 0.0203. The molecule has 0 saturated carbocycles. The molecular formula is C22H19FN6O2S. The van der Waals surface area contributed by atoms with E-state index in [-0.39, 0.29) is 16.7 Å². The number of sulfonamides is 1. The first-order valence-corrected chi connectivity index (χ1v) is 11.0. The zero-order valence-corrected chi connectivity index (χ0v) is 17.8. The largest absolute Gasteiger partial charge is 0.338 e. The predicted molar refractivity (Wildman–Crippen MR) is 122 cm³/mol. The van der Waals surface area contributed by atoms with E-state index in [9.17, 15) is 12.8 Å². The summed E-state index contributed by atoms with van der Waals surface area (Å²) in [5.41, 5.74) is 2.50. The molecule has 162 valence electrons. The molecule has 32 heavy (non-hydrogen) atoms. The zero-order valence-electron chi connectivity index (χ0n) is 17.0. The van der Waals surface area contributed by atoms with Gasteiger partial charge in [-0.25, -0.2) is 22.9 Å². The van der Waals surface area contributed by atoms with Gasteiger partial charge in [-0.15, -0.1) is 6.42 Å². The Kier molecular flexibility index (Phi) is 5.52. The van der Waals surface area contributed by atoms with E-state index < -0.39 is 15.8 Å². The van der Waals surface area contributed by atoms with E-state index in [1.165, 1.54) is 6.07 Å². The summed E-state index contributed by atoms with van der Waals surface area (Å²) in [5, 5.41) is 12.0. The van der Waals surface area contributed by atoms with E-state index >= 15 is 0 Å². The minimum Gasteiger partial charge on any atom is -0.338 e. The lowest BCUT2D eigenvalue weighted by molar-refractivity contribution is 0.597. The van der Waals surface area contributed by atoms with Crippen LogP contribution >= 0.6 is 0 Å². The highest BCUT2D eigenvalue weighted by Gasteiger charge is 2.14. The third-order valence-corrected chi connectivity index (χ3v) is 5.84. The molecule has 2 heterocycles. The number of nitrogens with one attached hydrogen (secondary N) is 2. The fourth-order valence-corrected chi connectivity index (χ4v) is 4.09. The number of aromatic nitrogens is 3. The molecule has 4 N–H and O–H groups in total. The molecule has 2 aromatic heterocycles. The van der Waals surface area contributed by atoms with Crippen molar-refractivity contribution in [3.63, 3.8) is 0 Å². The Labute approximate surface area is 184 Å². The van der Waals surface area contributed by atoms with Crippen molar-refractivity contribution in [2.24, 2.45) is 5.14 Å². The van der Waals surface area contributed by atoms with Crippen molar-refractivity contribution in [2.45, 2.75) is 18.4 Å². The first kappa shape index (κ1) is 21.3. The zero-order chi connectivity index (χ0) is 22.9. The second kappa shape index (κ2) is 8.30. The van der Waals surface area contributed by atoms with E-state index in [1.54, 1.807) is 25.1 Å². The maximum Gasteiger partial charge on any atom is 0.238 e. The molecule has 2 aromatic carbocycles. The highest BCUT2D eigenvalue weighted by molar-refractivity contribution is 7.89. The van der Waals surface area contributed by atoms with Crippen LogP contribution in [0.5, 0.6) is 0 Å². The number of nitrogens with zero attached hydrogens (tertiary/aromatic N) is 3. The van der Waals surface area contributed by atoms with Gasteiger partial charge in [-0.2, -0.15) is 4.98 Å². The number of anilines is 4. The van der Waals surface area contributed by atoms with Gasteiger partial charge in [-0.05, 0) is 48.9 Å². The van der Waals surface area contributed by atoms with Gasteiger partial charge in [0.05, 0.1) is 17.6 Å². The standard InChI is InChI=1S/C22H19FN6O2S/c1-3-9-29-10-8-15-11-16(6-7-19(15)29)26-21-18(23)13-25-22(28-21)27-17-5-4-14(2)20(12-17)32(24,30)31/h1,4-8,10-13H,9H2,2H3,(H2,24,30,31)(H2,25,26,27,28). The van der Waals surface area contributed by atoms with Crippen molar-refractivity contribution in [3.8, 4) is 12.3 Å². The molecule has 0 aliphatic carbocycles. The molecule has 4 rings (SSSR count). The first-order chi connectivity index (χ1) is 15.2. The number of hydrogen-bond donors (Lipinski definition) is 3. The Bertz CT molecular complexity index is 1470. The second-order valence-corrected chi connectivity index (χ2v) is 8.62. The Morgan fingerprint density at radius 1 is 1.16 bits per heavy atom. The quantitative estimate of drug-likeness (QED) is 0.386. The monoisotopic (exact) mass is 450 g/mol. The Balaban J connectivity index is 1.60. The molecule has 10 heteroatoms. The molecule has 0 saturated heterocycles. The SMILES string of the molecule is C#CCn1ccc2cc(Nc3nc(Nc4ccc(C)c(S(N)(=O)=O)c4)ncc3F)ccc21. The number of primary sulfonamides is 1. The summed E-state index contributed by atoms with van der Waals surface area (Å²) < 4.78 is 39.8. The Morgan fingerprint density at radius 3 is 2.66 bits per heavy atom. The van der Waals surface area contributed by atoms with Crippen molar-refractivity contribution in [3.05, 3.63) is 66.2 Å². The number of halogens is 1. The van der Waals surface area contributed by atoms with Gasteiger partial charge in [0.15, 0.2) is 11.6 Å². The molecule has 0 amide bonds. The molecule has 0 aliphatic rings. The smallest absolute Gasteiger partial charge is 0.238 e. The van der Waals surface area contributed by atoms with Crippen LogP contribution in [0.1, 0.15) is 5.56 Å². The second-order valence-electron chi connectivity index (χ2n) is 7.09. The van der Waals surface area contributed by atoms with Crippen LogP contribution in [0.25, 0.3) is 10.9 Å². The molecule has 0 spiro atoms. The van der Waals surface area contributed by atoms with Crippen LogP contribution in [0, 0.1) is 25.1 Å². The lowest BCUT2D eigenvalue weighted by atomic mass is 10.2. The molecule has 0 fully saturated rings. The lowest BCUT2D eigenvalue weighted by Crippen LogP contribution is -2.14. The van der Waals surface area contributed by atoms with Gasteiger partial charge < -0.3 is 15.2 Å². The highest BCUT2D eigenvalue weighted by Crippen LogP contribution is 2.26. The molecule has 0 unspecified atom stereocenters. The number of terminal acetylenes is 1. The van der Waals surface area contributed by atoms with Crippen LogP contribution in [0.3, 0.4) is 0 Å². The van der Waals surface area contributed by atoms with Crippen LogP contribution in [-0.2, 0) is 16.6 Å². The van der Waals surface area contributed by atoms with Crippen molar-refractivity contribution in [2.75, 3.05) is 10.6 Å². The number of fused-ring (bicyclic) bond motifs is 1. The summed E-state index contributed by atoms with van der Waals surface area (Å²) in [5.74, 6) is 2.00. The van der Waals surface area contributed by atoms with E-state index in [2.05, 4.69) is 26.5 Å². The van der Waals surface area contributed by atoms with E-state index in [4.69, 9.17) is 11.6 Å². The van der Waals surface area contributed by atoms with Gasteiger partial charge in [0.2, 0.25) is 16.0 Å². The summed E-state index contributed by atoms with van der Waals surface area (Å²) in [6, 6.07) is 12.1. The van der Waals surface area contributed by atoms with Crippen molar-refractivity contribution in [1.82, 2.24) is 14.5 Å². The highest BCUT2D eigenvalue weighted by atomic mass is 32.2. The number of rotatable bonds is 6. The summed E-state index contributed by atoms with van der Waals surface area (Å²) in [6.45, 7) is 2.09. The molecule has 0 bridgehead atoms. The van der Waals surface area contributed by atoms with Crippen LogP contribution < -0.4 is 15.8 Å². The van der Waals surface area contributed by atoms with E-state index in [1.807, 2.05) is 29.0 Å². The number of benzene rings is 2. The third-order valence-electron chi connectivity index (χ3n) is 4.79. The Morgan fingerprint density at radius 2 is 1.91 bits per heavy atom. The molecule has 0 atom stereocenters. The predicted octanol–water partition coefficient (Wildman–Crippen LogP) is 3.65. The number of aryl methyl sites for hydroxylation is 1. The van der Waals surface area contributed by atoms with Crippen molar-refractivity contribution < 1.29 is 12.8 Å². The summed E-state index contributed by atoms with van der Waals surface area (Å²) >= 11 is 0. The fraction of sp³-hybridized carbons (Fsp3) is 0.0909. The van der Waals surface area contributed by atoms with Crippen LogP contribution in [0.2, 0.25) is 0 Å². The van der Waals surface area contributed by atoms with Crippen LogP contribution in [0.4, 0.5) is 27.5 Å². The molecule has 8 nitrogen and oxygen atoms in total. The summed E-state index contributed by atoms with van der Waals surface area (Å²) in [7, 11) is -3.89. The average Bonchev–Trinajstić information content (AvgIpc) is 3.13. The van der Waals surface area contributed by atoms with Gasteiger partial charge in [0, 0.05) is 28.5 Å². The first-order valence-electron chi connectivity index (χ1n) is 9.47. The fourth-order valence-electron chi connectivity index (χ4n) is 3.28. The van der Waals surface area contributed by atoms with Gasteiger partial charge in [0.1, 0.15) is 0 Å². The summed E-state index contributed by atoms with van der Waals surface area (Å²) in [6.07, 6.45) is 8.29. The Hall–Kier alpha value is -3.94. The maximum atomic E-state index is 14.3. The average molecular weight is 450 g/mol. The van der Waals surface area contributed by atoms with Crippen molar-refractivity contribution in [1.29, 1.82) is 0 Å². The molecular weight excluding hydrogens is 431 g/mol. The van der Waals surface area contributed by atoms with Gasteiger partial charge >= 0.3 is 0 Å².